The molecule has 0 spiro atoms. The van der Waals surface area contributed by atoms with E-state index >= 15 is 0 Å². The van der Waals surface area contributed by atoms with Crippen molar-refractivity contribution in [2.75, 3.05) is 11.5 Å². The fourth-order valence-corrected chi connectivity index (χ4v) is 3.33. The molecule has 1 aromatic carbocycles. The third-order valence-electron chi connectivity index (χ3n) is 4.02. The Hall–Kier alpha value is -1.79. The molecule has 2 atom stereocenters. The molecular formula is C17H19FN2O2S. The van der Waals surface area contributed by atoms with E-state index in [1.54, 1.807) is 28.4 Å². The summed E-state index contributed by atoms with van der Waals surface area (Å²) >= 11 is 1.55. The number of halogens is 1. The van der Waals surface area contributed by atoms with Gasteiger partial charge in [0.25, 0.3) is 5.91 Å². The van der Waals surface area contributed by atoms with Gasteiger partial charge in [0.1, 0.15) is 11.9 Å². The lowest BCUT2D eigenvalue weighted by Crippen LogP contribution is -2.41. The maximum absolute atomic E-state index is 13.2. The summed E-state index contributed by atoms with van der Waals surface area (Å²) in [5.74, 6) is -0.231. The molecule has 1 aliphatic heterocycles. The standard InChI is InChI=1S/C17H19FN2O2S/c1-11-7-8-22-16(11)17(21)20(9-14-10-23-12(2)19-14)15-5-3-13(18)4-6-15/h3-6,10-11,16H,7-9H2,1-2H3/t11-,16-/m0/s1. The van der Waals surface area contributed by atoms with Gasteiger partial charge in [0.2, 0.25) is 0 Å². The predicted octanol–water partition coefficient (Wildman–Crippen LogP) is 3.55. The normalized spacial score (nSPS) is 20.7. The lowest BCUT2D eigenvalue weighted by Gasteiger charge is -2.26. The average molecular weight is 334 g/mol. The molecule has 1 saturated heterocycles. The molecule has 2 heterocycles. The molecule has 0 aliphatic carbocycles. The molecule has 3 rings (SSSR count). The van der Waals surface area contributed by atoms with Gasteiger partial charge in [-0.1, -0.05) is 6.92 Å². The number of ether oxygens (including phenoxy) is 1. The number of benzene rings is 1. The number of nitrogens with zero attached hydrogens (tertiary/aromatic N) is 2. The second-order valence-corrected chi connectivity index (χ2v) is 6.88. The molecule has 4 nitrogen and oxygen atoms in total. The first-order chi connectivity index (χ1) is 11.0. The van der Waals surface area contributed by atoms with Crippen LogP contribution in [0, 0.1) is 18.7 Å². The summed E-state index contributed by atoms with van der Waals surface area (Å²) in [4.78, 5) is 19.0. The second-order valence-electron chi connectivity index (χ2n) is 5.82. The number of aryl methyl sites for hydroxylation is 1. The summed E-state index contributed by atoms with van der Waals surface area (Å²) in [6, 6.07) is 5.96. The van der Waals surface area contributed by atoms with Gasteiger partial charge >= 0.3 is 0 Å². The first kappa shape index (κ1) is 16.1. The molecular weight excluding hydrogens is 315 g/mol. The Morgan fingerprint density at radius 1 is 1.43 bits per heavy atom. The summed E-state index contributed by atoms with van der Waals surface area (Å²) < 4.78 is 18.8. The SMILES string of the molecule is Cc1nc(CN(C(=O)[C@H]2OCC[C@@H]2C)c2ccc(F)cc2)cs1. The van der Waals surface area contributed by atoms with E-state index in [2.05, 4.69) is 4.98 Å². The van der Waals surface area contributed by atoms with Crippen LogP contribution in [0.3, 0.4) is 0 Å². The zero-order valence-corrected chi connectivity index (χ0v) is 14.0. The van der Waals surface area contributed by atoms with Crippen molar-refractivity contribution < 1.29 is 13.9 Å². The summed E-state index contributed by atoms with van der Waals surface area (Å²) in [6.45, 7) is 4.91. The molecule has 1 aliphatic rings. The van der Waals surface area contributed by atoms with Crippen molar-refractivity contribution >= 4 is 22.9 Å². The highest BCUT2D eigenvalue weighted by molar-refractivity contribution is 7.09. The van der Waals surface area contributed by atoms with Crippen molar-refractivity contribution in [1.29, 1.82) is 0 Å². The number of carbonyl (C=O) groups excluding carboxylic acids is 1. The molecule has 1 fully saturated rings. The lowest BCUT2D eigenvalue weighted by atomic mass is 10.0. The van der Waals surface area contributed by atoms with Crippen LogP contribution < -0.4 is 4.90 Å². The van der Waals surface area contributed by atoms with E-state index in [0.717, 1.165) is 17.1 Å². The fourth-order valence-electron chi connectivity index (χ4n) is 2.73. The van der Waals surface area contributed by atoms with Crippen LogP contribution in [0.5, 0.6) is 0 Å². The largest absolute Gasteiger partial charge is 0.368 e. The predicted molar refractivity (Wildman–Crippen MR) is 88.0 cm³/mol. The van der Waals surface area contributed by atoms with Crippen LogP contribution in [-0.4, -0.2) is 23.6 Å². The van der Waals surface area contributed by atoms with Gasteiger partial charge in [-0.05, 0) is 43.5 Å². The van der Waals surface area contributed by atoms with Gasteiger partial charge in [-0.3, -0.25) is 4.79 Å². The highest BCUT2D eigenvalue weighted by Crippen LogP contribution is 2.26. The van der Waals surface area contributed by atoms with Crippen molar-refractivity contribution in [3.63, 3.8) is 0 Å². The third kappa shape index (κ3) is 3.59. The molecule has 1 amide bonds. The number of hydrogen-bond acceptors (Lipinski definition) is 4. The monoisotopic (exact) mass is 334 g/mol. The van der Waals surface area contributed by atoms with Gasteiger partial charge in [0.05, 0.1) is 17.2 Å². The van der Waals surface area contributed by atoms with Gasteiger partial charge in [-0.2, -0.15) is 0 Å². The van der Waals surface area contributed by atoms with Crippen molar-refractivity contribution in [3.8, 4) is 0 Å². The number of anilines is 1. The molecule has 6 heteroatoms. The van der Waals surface area contributed by atoms with Crippen molar-refractivity contribution in [2.24, 2.45) is 5.92 Å². The topological polar surface area (TPSA) is 42.4 Å². The summed E-state index contributed by atoms with van der Waals surface area (Å²) in [5.41, 5.74) is 1.49. The zero-order valence-electron chi connectivity index (χ0n) is 13.2. The number of thiazole rings is 1. The van der Waals surface area contributed by atoms with Crippen LogP contribution in [-0.2, 0) is 16.1 Å². The Balaban J connectivity index is 1.88. The molecule has 2 aromatic rings. The van der Waals surface area contributed by atoms with Crippen LogP contribution in [0.1, 0.15) is 24.0 Å². The first-order valence-corrected chi connectivity index (χ1v) is 8.52. The maximum atomic E-state index is 13.2. The highest BCUT2D eigenvalue weighted by atomic mass is 32.1. The van der Waals surface area contributed by atoms with Crippen LogP contribution in [0.4, 0.5) is 10.1 Å². The van der Waals surface area contributed by atoms with E-state index in [0.29, 0.717) is 18.8 Å². The van der Waals surface area contributed by atoms with Gasteiger partial charge < -0.3 is 9.64 Å². The minimum Gasteiger partial charge on any atom is -0.368 e. The second kappa shape index (κ2) is 6.76. The Kier molecular flexibility index (Phi) is 4.73. The molecule has 0 radical (unpaired) electrons. The van der Waals surface area contributed by atoms with E-state index in [1.165, 1.54) is 12.1 Å². The summed E-state index contributed by atoms with van der Waals surface area (Å²) in [6.07, 6.45) is 0.434. The van der Waals surface area contributed by atoms with Crippen LogP contribution >= 0.6 is 11.3 Å². The van der Waals surface area contributed by atoms with Gasteiger partial charge in [-0.15, -0.1) is 11.3 Å². The quantitative estimate of drug-likeness (QED) is 0.859. The smallest absolute Gasteiger partial charge is 0.256 e. The van der Waals surface area contributed by atoms with Crippen molar-refractivity contribution in [1.82, 2.24) is 4.98 Å². The van der Waals surface area contributed by atoms with E-state index in [-0.39, 0.29) is 17.6 Å². The molecule has 0 unspecified atom stereocenters. The zero-order chi connectivity index (χ0) is 16.4. The van der Waals surface area contributed by atoms with Gasteiger partial charge in [0.15, 0.2) is 0 Å². The maximum Gasteiger partial charge on any atom is 0.256 e. The molecule has 0 N–H and O–H groups in total. The van der Waals surface area contributed by atoms with Crippen LogP contribution in [0.15, 0.2) is 29.6 Å². The molecule has 122 valence electrons. The highest BCUT2D eigenvalue weighted by Gasteiger charge is 2.35. The number of aromatic nitrogens is 1. The Labute approximate surface area is 138 Å². The minimum absolute atomic E-state index is 0.0905. The number of hydrogen-bond donors (Lipinski definition) is 0. The van der Waals surface area contributed by atoms with E-state index in [9.17, 15) is 9.18 Å². The molecule has 23 heavy (non-hydrogen) atoms. The number of rotatable bonds is 4. The Morgan fingerprint density at radius 2 is 2.17 bits per heavy atom. The van der Waals surface area contributed by atoms with Crippen LogP contribution in [0.25, 0.3) is 0 Å². The van der Waals surface area contributed by atoms with E-state index < -0.39 is 6.10 Å². The van der Waals surface area contributed by atoms with Crippen molar-refractivity contribution in [3.05, 3.63) is 46.2 Å². The molecule has 0 saturated carbocycles. The fraction of sp³-hybridized carbons (Fsp3) is 0.412. The van der Waals surface area contributed by atoms with E-state index in [4.69, 9.17) is 4.74 Å². The Bertz CT molecular complexity index is 686. The van der Waals surface area contributed by atoms with Gasteiger partial charge in [0, 0.05) is 17.7 Å². The molecule has 1 aromatic heterocycles. The summed E-state index contributed by atoms with van der Waals surface area (Å²) in [7, 11) is 0. The minimum atomic E-state index is -0.445. The van der Waals surface area contributed by atoms with E-state index in [1.807, 2.05) is 19.2 Å². The number of amides is 1. The number of carbonyl (C=O) groups is 1. The molecule has 0 bridgehead atoms. The summed E-state index contributed by atoms with van der Waals surface area (Å²) in [5, 5.41) is 2.90. The van der Waals surface area contributed by atoms with Crippen LogP contribution in [0.2, 0.25) is 0 Å². The average Bonchev–Trinajstić information content (AvgIpc) is 3.14. The van der Waals surface area contributed by atoms with Gasteiger partial charge in [-0.25, -0.2) is 9.37 Å². The Morgan fingerprint density at radius 3 is 2.74 bits per heavy atom. The first-order valence-electron chi connectivity index (χ1n) is 7.64. The van der Waals surface area contributed by atoms with Crippen molar-refractivity contribution in [2.45, 2.75) is 32.9 Å². The third-order valence-corrected chi connectivity index (χ3v) is 4.84. The lowest BCUT2D eigenvalue weighted by molar-refractivity contribution is -0.128.